The number of nitrogen functional groups attached to an aromatic ring is 4. The summed E-state index contributed by atoms with van der Waals surface area (Å²) in [4.78, 5) is 93.5. The first kappa shape index (κ1) is 93.6. The van der Waals surface area contributed by atoms with E-state index >= 15 is 0 Å². The minimum absolute atomic E-state index is 0.00816. The van der Waals surface area contributed by atoms with Crippen LogP contribution >= 0.6 is 0 Å². The second-order valence-electron chi connectivity index (χ2n) is 33.8. The number of ether oxygens (including phenoxy) is 5. The van der Waals surface area contributed by atoms with Crippen LogP contribution in [0.25, 0.3) is 89.2 Å². The number of hydrogen-bond donors (Lipinski definition) is 4. The topological polar surface area (TPSA) is 409 Å². The summed E-state index contributed by atoms with van der Waals surface area (Å²) in [6.45, 7) is 5.92. The highest BCUT2D eigenvalue weighted by atomic mass is 16.5. The molecule has 0 saturated carbocycles. The number of piperidine rings is 4. The first-order valence-electron chi connectivity index (χ1n) is 45.7. The maximum atomic E-state index is 12.8. The van der Waals surface area contributed by atoms with Gasteiger partial charge in [0.1, 0.15) is 117 Å². The first-order valence-corrected chi connectivity index (χ1v) is 45.7. The monoisotopic (exact) mass is 1860 g/mol. The Morgan fingerprint density at radius 1 is 0.353 bits per heavy atom. The largest absolute Gasteiger partial charge is 0.457 e. The first-order chi connectivity index (χ1) is 67.9. The lowest BCUT2D eigenvalue weighted by Gasteiger charge is -2.32. The fourth-order valence-corrected chi connectivity index (χ4v) is 17.4. The number of nitrogens with two attached hydrogens (primary N) is 4. The predicted octanol–water partition coefficient (Wildman–Crippen LogP) is 15.7. The molecule has 4 amide bonds. The number of rotatable bonds is 22. The third-order valence-corrected chi connectivity index (χ3v) is 24.2. The van der Waals surface area contributed by atoms with Crippen LogP contribution in [-0.2, 0) is 23.9 Å². The third-order valence-electron chi connectivity index (χ3n) is 24.2. The number of carbonyl (C=O) groups excluding carboxylic acids is 4. The third kappa shape index (κ3) is 22.1. The Morgan fingerprint density at radius 2 is 0.597 bits per heavy atom. The molecule has 20 rings (SSSR count). The van der Waals surface area contributed by atoms with Crippen molar-refractivity contribution in [2.45, 2.75) is 75.5 Å². The number of para-hydroxylation sites is 4. The number of hydrogen-bond acceptors (Lipinski definition) is 26. The molecule has 8 aromatic carbocycles. The molecular weight excluding hydrogens is 1760 g/mol. The minimum atomic E-state index is -0.306. The van der Waals surface area contributed by atoms with Gasteiger partial charge in [0.05, 0.1) is 52.3 Å². The summed E-state index contributed by atoms with van der Waals surface area (Å²) in [5, 5.41) is 22.5. The fourth-order valence-electron chi connectivity index (χ4n) is 17.4. The lowest BCUT2D eigenvalue weighted by atomic mass is 10.1. The van der Waals surface area contributed by atoms with Crippen molar-refractivity contribution in [3.05, 3.63) is 268 Å². The van der Waals surface area contributed by atoms with Crippen LogP contribution in [0.15, 0.2) is 268 Å². The molecule has 8 aromatic heterocycles. The molecule has 702 valence electrons. The average molecular weight is 1860 g/mol. The van der Waals surface area contributed by atoms with Gasteiger partial charge in [0.15, 0.2) is 22.6 Å². The van der Waals surface area contributed by atoms with E-state index in [9.17, 15) is 19.2 Å². The second kappa shape index (κ2) is 43.8. The van der Waals surface area contributed by atoms with E-state index < -0.39 is 0 Å². The molecule has 0 radical (unpaired) electrons. The molecule has 4 fully saturated rings. The highest BCUT2D eigenvalue weighted by Crippen LogP contribution is 2.42. The molecule has 4 atom stereocenters. The number of terminal acetylenes is 2. The zero-order valence-electron chi connectivity index (χ0n) is 77.0. The van der Waals surface area contributed by atoms with Crippen LogP contribution in [0.5, 0.6) is 46.0 Å². The fraction of sp³-hybridized carbons (Fsp3) is 0.238. The van der Waals surface area contributed by atoms with Crippen molar-refractivity contribution in [1.82, 2.24) is 103 Å². The molecule has 3 unspecified atom stereocenters. The summed E-state index contributed by atoms with van der Waals surface area (Å²) < 4.78 is 36.2. The Hall–Kier alpha value is -17.2. The van der Waals surface area contributed by atoms with E-state index in [1.54, 1.807) is 35.1 Å². The van der Waals surface area contributed by atoms with Crippen LogP contribution in [0.3, 0.4) is 0 Å². The molecule has 0 bridgehead atoms. The maximum absolute atomic E-state index is 12.8. The lowest BCUT2D eigenvalue weighted by Crippen LogP contribution is -2.40. The van der Waals surface area contributed by atoms with Gasteiger partial charge in [0, 0.05) is 100 Å². The number of aromatic nitrogens is 16. The second-order valence-corrected chi connectivity index (χ2v) is 33.8. The molecule has 4 aliphatic rings. The Kier molecular flexibility index (Phi) is 29.5. The van der Waals surface area contributed by atoms with Crippen molar-refractivity contribution in [1.29, 1.82) is 0 Å². The zero-order valence-corrected chi connectivity index (χ0v) is 77.0. The molecule has 0 aliphatic carbocycles. The van der Waals surface area contributed by atoms with Gasteiger partial charge in [0.2, 0.25) is 11.8 Å². The molecule has 0 spiro atoms. The van der Waals surface area contributed by atoms with Crippen molar-refractivity contribution in [2.75, 3.05) is 110 Å². The Labute approximate surface area is 801 Å². The number of likely N-dealkylation sites (tertiary alicyclic amines) is 4. The average Bonchev–Trinajstić information content (AvgIpc) is 1.62. The van der Waals surface area contributed by atoms with Gasteiger partial charge in [-0.25, -0.2) is 58.6 Å². The lowest BCUT2D eigenvalue weighted by molar-refractivity contribution is -0.128. The highest BCUT2D eigenvalue weighted by molar-refractivity contribution is 6.02. The SMILES string of the molecule is C#CC(=O)N1CCCC(n2nc(-c3ccc(Oc4ccccc4)cc3)c3c(N)ncnc32)C1.C#CC(=O)N1CCC[C@@H](n2nc(-c3ccc(Oc4ccccc4)cc3)c3c(N)ncnc32)C1.CN(C)C/C=C/C(=O)N1CCCC(n2nc(-c3ccc(Oc4ccccc4)cc3)c3c(N)ncnc32)C1.COC/C=C/C(=O)N1CCCC(n2nc(-c3ccc(Oc4ccccc4)cc3)c3c(N)ncnc32)C1. The quantitative estimate of drug-likeness (QED) is 0.0361. The number of fused-ring (bicyclic) bond motifs is 4. The van der Waals surface area contributed by atoms with E-state index in [2.05, 4.69) is 51.7 Å². The summed E-state index contributed by atoms with van der Waals surface area (Å²) in [7, 11) is 5.55. The number of nitrogens with zero attached hydrogens (tertiary/aromatic N) is 21. The summed E-state index contributed by atoms with van der Waals surface area (Å²) in [6.07, 6.45) is 30.2. The number of benzene rings is 8. The number of anilines is 4. The number of carbonyl (C=O) groups is 4. The van der Waals surface area contributed by atoms with Crippen molar-refractivity contribution in [3.63, 3.8) is 0 Å². The molecule has 4 saturated heterocycles. The number of likely N-dealkylation sites (N-methyl/N-ethyl adjacent to an activating group) is 1. The van der Waals surface area contributed by atoms with E-state index in [-0.39, 0.29) is 47.8 Å². The van der Waals surface area contributed by atoms with Crippen LogP contribution in [0, 0.1) is 24.7 Å². The van der Waals surface area contributed by atoms with Gasteiger partial charge in [-0.05, 0) is 223 Å². The Morgan fingerprint density at radius 3 is 0.849 bits per heavy atom. The molecule has 139 heavy (non-hydrogen) atoms. The molecule has 34 heteroatoms. The minimum Gasteiger partial charge on any atom is -0.457 e. The molecule has 16 aromatic rings. The zero-order chi connectivity index (χ0) is 96.3. The van der Waals surface area contributed by atoms with Crippen LogP contribution in [0.1, 0.15) is 75.5 Å². The van der Waals surface area contributed by atoms with Gasteiger partial charge in [-0.2, -0.15) is 20.4 Å². The van der Waals surface area contributed by atoms with Gasteiger partial charge >= 0.3 is 0 Å². The summed E-state index contributed by atoms with van der Waals surface area (Å²) >= 11 is 0. The Balaban J connectivity index is 0.000000128. The van der Waals surface area contributed by atoms with E-state index in [1.807, 2.05) is 272 Å². The molecule has 34 nitrogen and oxygen atoms in total. The van der Waals surface area contributed by atoms with Crippen molar-refractivity contribution < 1.29 is 42.9 Å². The summed E-state index contributed by atoms with van der Waals surface area (Å²) in [5.41, 5.74) is 34.0. The number of methoxy groups -OCH3 is 1. The molecule has 12 heterocycles. The smallest absolute Gasteiger partial charge is 0.298 e. The predicted molar refractivity (Wildman–Crippen MR) is 533 cm³/mol. The molecule has 8 N–H and O–H groups in total. The van der Waals surface area contributed by atoms with E-state index in [0.29, 0.717) is 154 Å². The summed E-state index contributed by atoms with van der Waals surface area (Å²) in [5.74, 6) is 11.2. The maximum Gasteiger partial charge on any atom is 0.298 e. The standard InChI is InChI=1S/C28H31N7O2.C27H28N6O3.2C25H22N6O2/c1-33(2)16-7-11-24(36)34-17-6-8-21(18-34)35-28-25(27(29)30-19-31-28)26(32-35)20-12-14-23(15-13-20)37-22-9-4-3-5-10-22;1-35-16-6-10-23(34)32-15-5-7-20(17-32)33-27-24(26(28)29-18-30-27)25(31-33)19-11-13-22(14-12-19)36-21-8-3-2-4-9-21;2*1-2-21(32)30-14-6-7-18(15-30)31-25-22(24(26)27-16-28-25)23(29-31)17-10-12-20(13-11-17)33-19-8-4-3-5-9-19/h3-5,7,9-15,19,21H,6,8,16-18H2,1-2H3,(H2,29,30,31);2-4,6,8-14,18,20H,5,7,15-17H2,1H3,(H2,28,29,30);2*1,3-5,8-13,16,18H,6-7,14-15H2,(H2,26,27,28)/b11-7+;10-6+;;/t;;18-;/m..1./s1. The molecule has 4 aliphatic heterocycles. The van der Waals surface area contributed by atoms with Gasteiger partial charge in [-0.15, -0.1) is 12.8 Å². The van der Waals surface area contributed by atoms with Gasteiger partial charge < -0.3 is 71.1 Å². The van der Waals surface area contributed by atoms with Gasteiger partial charge in [-0.3, -0.25) is 19.2 Å². The van der Waals surface area contributed by atoms with Crippen LogP contribution in [0.2, 0.25) is 0 Å². The van der Waals surface area contributed by atoms with Gasteiger partial charge in [-0.1, -0.05) is 84.9 Å². The van der Waals surface area contributed by atoms with Crippen LogP contribution < -0.4 is 41.9 Å². The van der Waals surface area contributed by atoms with Crippen molar-refractivity contribution in [2.24, 2.45) is 0 Å². The molecular formula is C105H103N25O9. The van der Waals surface area contributed by atoms with E-state index in [0.717, 1.165) is 121 Å². The van der Waals surface area contributed by atoms with Gasteiger partial charge in [0.25, 0.3) is 11.8 Å². The van der Waals surface area contributed by atoms with Crippen molar-refractivity contribution >= 4 is 91.0 Å². The van der Waals surface area contributed by atoms with Crippen LogP contribution in [-0.4, -0.2) is 214 Å². The highest BCUT2D eigenvalue weighted by Gasteiger charge is 2.34. The number of amides is 4. The van der Waals surface area contributed by atoms with Crippen LogP contribution in [0.4, 0.5) is 23.3 Å². The van der Waals surface area contributed by atoms with Crippen molar-refractivity contribution in [3.8, 4) is 116 Å². The Bertz CT molecular complexity index is 6940. The van der Waals surface area contributed by atoms with E-state index in [4.69, 9.17) is 79.9 Å². The normalized spacial score (nSPS) is 16.0. The van der Waals surface area contributed by atoms with E-state index in [1.165, 1.54) is 25.3 Å². The summed E-state index contributed by atoms with van der Waals surface area (Å²) in [6, 6.07) is 69.1.